The number of anilines is 1. The number of hydrogen-bond donors (Lipinski definition) is 2. The number of carbonyl (C=O) groups is 1. The van der Waals surface area contributed by atoms with Crippen molar-refractivity contribution in [3.8, 4) is 5.75 Å². The molecular formula is C19H25N5O3. The summed E-state index contributed by atoms with van der Waals surface area (Å²) in [6.07, 6.45) is 3.84. The second-order valence-electron chi connectivity index (χ2n) is 6.42. The fourth-order valence-corrected chi connectivity index (χ4v) is 3.19. The molecule has 1 fully saturated rings. The number of piperazine rings is 1. The van der Waals surface area contributed by atoms with Crippen LogP contribution in [0.1, 0.15) is 5.56 Å². The van der Waals surface area contributed by atoms with E-state index < -0.39 is 0 Å². The first-order valence-corrected chi connectivity index (χ1v) is 9.07. The Kier molecular flexibility index (Phi) is 6.43. The van der Waals surface area contributed by atoms with Crippen LogP contribution < -0.4 is 20.5 Å². The van der Waals surface area contributed by atoms with E-state index in [2.05, 4.69) is 20.2 Å². The van der Waals surface area contributed by atoms with Crippen LogP contribution in [-0.4, -0.2) is 67.2 Å². The summed E-state index contributed by atoms with van der Waals surface area (Å²) in [6.45, 7) is 3.72. The zero-order chi connectivity index (χ0) is 19.1. The molecule has 0 bridgehead atoms. The van der Waals surface area contributed by atoms with Crippen molar-refractivity contribution < 1.29 is 9.53 Å². The number of H-pyrrole nitrogens is 1. The number of para-hydroxylation sites is 1. The Morgan fingerprint density at radius 2 is 2.04 bits per heavy atom. The quantitative estimate of drug-likeness (QED) is 0.726. The standard InChI is InChI=1S/C19H25N5O3/c1-27-16-5-3-2-4-15(16)6-7-20-17(25)14-23-10-12-24(13-11-23)18-19(26)22-9-8-21-18/h2-5,8-9H,6-7,10-14H2,1H3,(H,20,25)(H,22,26). The highest BCUT2D eigenvalue weighted by Crippen LogP contribution is 2.17. The summed E-state index contributed by atoms with van der Waals surface area (Å²) in [5.41, 5.74) is 0.898. The lowest BCUT2D eigenvalue weighted by Crippen LogP contribution is -2.50. The molecule has 0 unspecified atom stereocenters. The van der Waals surface area contributed by atoms with E-state index in [9.17, 15) is 9.59 Å². The lowest BCUT2D eigenvalue weighted by Gasteiger charge is -2.34. The van der Waals surface area contributed by atoms with Gasteiger partial charge in [-0.15, -0.1) is 0 Å². The van der Waals surface area contributed by atoms with E-state index in [1.807, 2.05) is 29.2 Å². The van der Waals surface area contributed by atoms with Gasteiger partial charge in [-0.2, -0.15) is 0 Å². The van der Waals surface area contributed by atoms with Crippen molar-refractivity contribution in [2.24, 2.45) is 0 Å². The monoisotopic (exact) mass is 371 g/mol. The predicted octanol–water partition coefficient (Wildman–Crippen LogP) is 0.259. The molecule has 0 saturated carbocycles. The second-order valence-corrected chi connectivity index (χ2v) is 6.42. The van der Waals surface area contributed by atoms with Crippen molar-refractivity contribution in [1.29, 1.82) is 0 Å². The Labute approximate surface area is 158 Å². The molecule has 1 aromatic carbocycles. The van der Waals surface area contributed by atoms with Crippen LogP contribution in [0, 0.1) is 0 Å². The SMILES string of the molecule is COc1ccccc1CCNC(=O)CN1CCN(c2ncc[nH]c2=O)CC1. The van der Waals surface area contributed by atoms with Crippen LogP contribution in [0.25, 0.3) is 0 Å². The van der Waals surface area contributed by atoms with E-state index in [1.54, 1.807) is 13.3 Å². The molecule has 1 aliphatic rings. The number of methoxy groups -OCH3 is 1. The van der Waals surface area contributed by atoms with Gasteiger partial charge in [-0.05, 0) is 18.1 Å². The maximum atomic E-state index is 12.2. The summed E-state index contributed by atoms with van der Waals surface area (Å²) in [4.78, 5) is 34.8. The summed E-state index contributed by atoms with van der Waals surface area (Å²) >= 11 is 0. The molecule has 8 heteroatoms. The molecule has 2 heterocycles. The van der Waals surface area contributed by atoms with Gasteiger partial charge in [-0.25, -0.2) is 4.98 Å². The van der Waals surface area contributed by atoms with E-state index in [0.717, 1.165) is 30.8 Å². The average Bonchev–Trinajstić information content (AvgIpc) is 2.69. The summed E-state index contributed by atoms with van der Waals surface area (Å²) in [7, 11) is 1.65. The molecule has 1 aliphatic heterocycles. The number of nitrogens with zero attached hydrogens (tertiary/aromatic N) is 3. The average molecular weight is 371 g/mol. The van der Waals surface area contributed by atoms with Gasteiger partial charge in [0.25, 0.3) is 5.56 Å². The number of ether oxygens (including phenoxy) is 1. The van der Waals surface area contributed by atoms with Crippen LogP contribution in [0.5, 0.6) is 5.75 Å². The number of benzene rings is 1. The molecule has 2 N–H and O–H groups in total. The largest absolute Gasteiger partial charge is 0.496 e. The molecular weight excluding hydrogens is 346 g/mol. The zero-order valence-corrected chi connectivity index (χ0v) is 15.5. The van der Waals surface area contributed by atoms with E-state index in [4.69, 9.17) is 4.74 Å². The molecule has 2 aromatic rings. The Morgan fingerprint density at radius 1 is 1.26 bits per heavy atom. The maximum Gasteiger partial charge on any atom is 0.290 e. The van der Waals surface area contributed by atoms with Crippen LogP contribution in [0.3, 0.4) is 0 Å². The molecule has 0 aliphatic carbocycles. The van der Waals surface area contributed by atoms with E-state index in [0.29, 0.717) is 32.0 Å². The number of carbonyl (C=O) groups excluding carboxylic acids is 1. The van der Waals surface area contributed by atoms with Gasteiger partial charge in [0.1, 0.15) is 5.75 Å². The van der Waals surface area contributed by atoms with Crippen molar-refractivity contribution in [1.82, 2.24) is 20.2 Å². The first kappa shape index (κ1) is 18.9. The van der Waals surface area contributed by atoms with E-state index >= 15 is 0 Å². The van der Waals surface area contributed by atoms with Gasteiger partial charge in [-0.3, -0.25) is 14.5 Å². The molecule has 0 radical (unpaired) electrons. The van der Waals surface area contributed by atoms with Crippen LogP contribution in [0.15, 0.2) is 41.5 Å². The Balaban J connectivity index is 1.41. The molecule has 0 atom stereocenters. The summed E-state index contributed by atoms with van der Waals surface area (Å²) in [5.74, 6) is 1.29. The lowest BCUT2D eigenvalue weighted by molar-refractivity contribution is -0.122. The molecule has 3 rings (SSSR count). The van der Waals surface area contributed by atoms with Gasteiger partial charge < -0.3 is 19.9 Å². The molecule has 144 valence electrons. The Hall–Kier alpha value is -2.87. The minimum Gasteiger partial charge on any atom is -0.496 e. The fraction of sp³-hybridized carbons (Fsp3) is 0.421. The zero-order valence-electron chi connectivity index (χ0n) is 15.5. The normalized spacial score (nSPS) is 14.8. The van der Waals surface area contributed by atoms with Crippen molar-refractivity contribution in [2.45, 2.75) is 6.42 Å². The highest BCUT2D eigenvalue weighted by atomic mass is 16.5. The number of rotatable bonds is 7. The Bertz CT molecular complexity index is 815. The van der Waals surface area contributed by atoms with Crippen LogP contribution in [-0.2, 0) is 11.2 Å². The van der Waals surface area contributed by atoms with Crippen molar-refractivity contribution in [3.05, 3.63) is 52.6 Å². The summed E-state index contributed by atoms with van der Waals surface area (Å²) < 4.78 is 5.32. The maximum absolute atomic E-state index is 12.2. The van der Waals surface area contributed by atoms with Crippen molar-refractivity contribution >= 4 is 11.7 Å². The van der Waals surface area contributed by atoms with Gasteiger partial charge in [0.2, 0.25) is 5.91 Å². The first-order chi connectivity index (χ1) is 13.2. The smallest absolute Gasteiger partial charge is 0.290 e. The van der Waals surface area contributed by atoms with Gasteiger partial charge in [-0.1, -0.05) is 18.2 Å². The fourth-order valence-electron chi connectivity index (χ4n) is 3.19. The van der Waals surface area contributed by atoms with Gasteiger partial charge in [0, 0.05) is 45.1 Å². The molecule has 0 spiro atoms. The van der Waals surface area contributed by atoms with Crippen LogP contribution in [0.2, 0.25) is 0 Å². The number of aromatic nitrogens is 2. The first-order valence-electron chi connectivity index (χ1n) is 9.07. The third kappa shape index (κ3) is 5.07. The van der Waals surface area contributed by atoms with Crippen LogP contribution in [0.4, 0.5) is 5.82 Å². The second kappa shape index (κ2) is 9.18. The number of nitrogens with one attached hydrogen (secondary N) is 2. The van der Waals surface area contributed by atoms with Gasteiger partial charge in [0.05, 0.1) is 13.7 Å². The van der Waals surface area contributed by atoms with E-state index in [-0.39, 0.29) is 11.5 Å². The third-order valence-electron chi connectivity index (χ3n) is 4.64. The minimum atomic E-state index is -0.181. The van der Waals surface area contributed by atoms with Gasteiger partial charge in [0.15, 0.2) is 5.82 Å². The third-order valence-corrected chi connectivity index (χ3v) is 4.64. The lowest BCUT2D eigenvalue weighted by atomic mass is 10.1. The Morgan fingerprint density at radius 3 is 2.78 bits per heavy atom. The van der Waals surface area contributed by atoms with Gasteiger partial charge >= 0.3 is 0 Å². The number of aromatic amines is 1. The van der Waals surface area contributed by atoms with Crippen molar-refractivity contribution in [3.63, 3.8) is 0 Å². The molecule has 1 aromatic heterocycles. The highest BCUT2D eigenvalue weighted by Gasteiger charge is 2.21. The molecule has 8 nitrogen and oxygen atoms in total. The summed E-state index contributed by atoms with van der Waals surface area (Å²) in [5, 5.41) is 2.96. The highest BCUT2D eigenvalue weighted by molar-refractivity contribution is 5.78. The topological polar surface area (TPSA) is 90.6 Å². The van der Waals surface area contributed by atoms with Crippen molar-refractivity contribution in [2.75, 3.05) is 51.3 Å². The number of amides is 1. The predicted molar refractivity (Wildman–Crippen MR) is 103 cm³/mol. The molecule has 27 heavy (non-hydrogen) atoms. The molecule has 1 amide bonds. The number of hydrogen-bond acceptors (Lipinski definition) is 6. The molecule has 1 saturated heterocycles. The van der Waals surface area contributed by atoms with E-state index in [1.165, 1.54) is 6.20 Å². The minimum absolute atomic E-state index is 0.00836. The van der Waals surface area contributed by atoms with Crippen LogP contribution >= 0.6 is 0 Å². The summed E-state index contributed by atoms with van der Waals surface area (Å²) in [6, 6.07) is 7.82.